The number of benzene rings is 1. The lowest BCUT2D eigenvalue weighted by Crippen LogP contribution is -2.15. The SMILES string of the molecule is COc1ccc(F)cc1[C@@H](N)CO. The van der Waals surface area contributed by atoms with E-state index in [1.165, 1.54) is 25.3 Å². The minimum atomic E-state index is -0.606. The Morgan fingerprint density at radius 2 is 2.31 bits per heavy atom. The van der Waals surface area contributed by atoms with Crippen molar-refractivity contribution in [2.75, 3.05) is 13.7 Å². The van der Waals surface area contributed by atoms with Gasteiger partial charge in [0.15, 0.2) is 0 Å². The van der Waals surface area contributed by atoms with Crippen LogP contribution in [0.1, 0.15) is 11.6 Å². The molecule has 0 radical (unpaired) electrons. The summed E-state index contributed by atoms with van der Waals surface area (Å²) < 4.78 is 17.8. The van der Waals surface area contributed by atoms with Gasteiger partial charge in [-0.25, -0.2) is 4.39 Å². The van der Waals surface area contributed by atoms with E-state index in [0.717, 1.165) is 0 Å². The third kappa shape index (κ3) is 2.17. The van der Waals surface area contributed by atoms with Crippen LogP contribution in [0.3, 0.4) is 0 Å². The Bertz CT molecular complexity index is 291. The highest BCUT2D eigenvalue weighted by molar-refractivity contribution is 5.36. The number of nitrogens with two attached hydrogens (primary N) is 1. The van der Waals surface area contributed by atoms with Gasteiger partial charge in [-0.05, 0) is 18.2 Å². The topological polar surface area (TPSA) is 55.5 Å². The maximum absolute atomic E-state index is 12.8. The molecule has 1 rings (SSSR count). The standard InChI is InChI=1S/C9H12FNO2/c1-13-9-3-2-6(10)4-7(9)8(11)5-12/h2-4,8,12H,5,11H2,1H3/t8-/m0/s1. The van der Waals surface area contributed by atoms with Gasteiger partial charge in [-0.15, -0.1) is 0 Å². The fourth-order valence-corrected chi connectivity index (χ4v) is 1.09. The summed E-state index contributed by atoms with van der Waals surface area (Å²) in [5.41, 5.74) is 6.02. The van der Waals surface area contributed by atoms with Gasteiger partial charge in [0, 0.05) is 5.56 Å². The largest absolute Gasteiger partial charge is 0.496 e. The molecule has 0 bridgehead atoms. The van der Waals surface area contributed by atoms with Crippen molar-refractivity contribution in [2.24, 2.45) is 5.73 Å². The molecule has 1 aromatic rings. The Morgan fingerprint density at radius 1 is 1.62 bits per heavy atom. The molecule has 0 aliphatic heterocycles. The lowest BCUT2D eigenvalue weighted by molar-refractivity contribution is 0.264. The fourth-order valence-electron chi connectivity index (χ4n) is 1.09. The van der Waals surface area contributed by atoms with Crippen molar-refractivity contribution in [3.05, 3.63) is 29.6 Å². The molecule has 3 nitrogen and oxygen atoms in total. The zero-order valence-electron chi connectivity index (χ0n) is 7.33. The molecule has 0 saturated carbocycles. The minimum absolute atomic E-state index is 0.236. The predicted molar refractivity (Wildman–Crippen MR) is 47.0 cm³/mol. The van der Waals surface area contributed by atoms with Crippen molar-refractivity contribution in [3.63, 3.8) is 0 Å². The highest BCUT2D eigenvalue weighted by Gasteiger charge is 2.11. The first-order valence-corrected chi connectivity index (χ1v) is 3.89. The molecule has 0 amide bonds. The number of aliphatic hydroxyl groups excluding tert-OH is 1. The summed E-state index contributed by atoms with van der Waals surface area (Å²) in [6.07, 6.45) is 0. The summed E-state index contributed by atoms with van der Waals surface area (Å²) >= 11 is 0. The van der Waals surface area contributed by atoms with Crippen molar-refractivity contribution in [3.8, 4) is 5.75 Å². The van der Waals surface area contributed by atoms with Gasteiger partial charge in [0.2, 0.25) is 0 Å². The molecule has 72 valence electrons. The Labute approximate surface area is 75.9 Å². The molecule has 0 spiro atoms. The van der Waals surface area contributed by atoms with Crippen LogP contribution >= 0.6 is 0 Å². The number of methoxy groups -OCH3 is 1. The average Bonchev–Trinajstić information content (AvgIpc) is 2.16. The summed E-state index contributed by atoms with van der Waals surface area (Å²) in [5.74, 6) is 0.0997. The molecule has 0 aliphatic rings. The van der Waals surface area contributed by atoms with Crippen LogP contribution in [0.4, 0.5) is 4.39 Å². The van der Waals surface area contributed by atoms with Crippen molar-refractivity contribution in [1.82, 2.24) is 0 Å². The Morgan fingerprint density at radius 3 is 2.85 bits per heavy atom. The zero-order valence-corrected chi connectivity index (χ0v) is 7.33. The fraction of sp³-hybridized carbons (Fsp3) is 0.333. The van der Waals surface area contributed by atoms with E-state index in [1.54, 1.807) is 0 Å². The van der Waals surface area contributed by atoms with Crippen LogP contribution in [0.25, 0.3) is 0 Å². The van der Waals surface area contributed by atoms with E-state index >= 15 is 0 Å². The summed E-state index contributed by atoms with van der Waals surface area (Å²) in [5, 5.41) is 8.80. The quantitative estimate of drug-likeness (QED) is 0.733. The van der Waals surface area contributed by atoms with Gasteiger partial charge in [0.1, 0.15) is 11.6 Å². The van der Waals surface area contributed by atoms with E-state index in [1.807, 2.05) is 0 Å². The molecular weight excluding hydrogens is 173 g/mol. The summed E-state index contributed by atoms with van der Waals surface area (Å²) in [6.45, 7) is -0.236. The van der Waals surface area contributed by atoms with Crippen LogP contribution in [-0.4, -0.2) is 18.8 Å². The van der Waals surface area contributed by atoms with Gasteiger partial charge in [-0.1, -0.05) is 0 Å². The minimum Gasteiger partial charge on any atom is -0.496 e. The highest BCUT2D eigenvalue weighted by Crippen LogP contribution is 2.24. The van der Waals surface area contributed by atoms with Crippen molar-refractivity contribution in [2.45, 2.75) is 6.04 Å². The molecule has 0 heterocycles. The molecular formula is C9H12FNO2. The van der Waals surface area contributed by atoms with E-state index in [9.17, 15) is 4.39 Å². The molecule has 3 N–H and O–H groups in total. The number of hydrogen-bond acceptors (Lipinski definition) is 3. The number of rotatable bonds is 3. The summed E-state index contributed by atoms with van der Waals surface area (Å²) in [7, 11) is 1.47. The van der Waals surface area contributed by atoms with E-state index in [-0.39, 0.29) is 12.4 Å². The van der Waals surface area contributed by atoms with Crippen LogP contribution in [0, 0.1) is 5.82 Å². The number of hydrogen-bond donors (Lipinski definition) is 2. The van der Waals surface area contributed by atoms with Crippen LogP contribution in [0.2, 0.25) is 0 Å². The van der Waals surface area contributed by atoms with Gasteiger partial charge >= 0.3 is 0 Å². The Kier molecular flexibility index (Phi) is 3.22. The number of halogens is 1. The van der Waals surface area contributed by atoms with Gasteiger partial charge in [0.25, 0.3) is 0 Å². The van der Waals surface area contributed by atoms with Crippen molar-refractivity contribution in [1.29, 1.82) is 0 Å². The molecule has 0 aromatic heterocycles. The second-order valence-electron chi connectivity index (χ2n) is 2.68. The molecule has 0 fully saturated rings. The van der Waals surface area contributed by atoms with Gasteiger partial charge in [0.05, 0.1) is 19.8 Å². The monoisotopic (exact) mass is 185 g/mol. The molecule has 0 unspecified atom stereocenters. The Balaban J connectivity index is 3.07. The van der Waals surface area contributed by atoms with E-state index < -0.39 is 6.04 Å². The molecule has 0 saturated heterocycles. The van der Waals surface area contributed by atoms with Crippen molar-refractivity contribution < 1.29 is 14.2 Å². The van der Waals surface area contributed by atoms with Gasteiger partial charge in [-0.2, -0.15) is 0 Å². The molecule has 1 atom stereocenters. The lowest BCUT2D eigenvalue weighted by atomic mass is 10.1. The first kappa shape index (κ1) is 9.95. The van der Waals surface area contributed by atoms with Crippen LogP contribution in [0.15, 0.2) is 18.2 Å². The van der Waals surface area contributed by atoms with E-state index in [4.69, 9.17) is 15.6 Å². The van der Waals surface area contributed by atoms with Gasteiger partial charge in [-0.3, -0.25) is 0 Å². The van der Waals surface area contributed by atoms with Crippen LogP contribution < -0.4 is 10.5 Å². The van der Waals surface area contributed by atoms with Crippen molar-refractivity contribution >= 4 is 0 Å². The van der Waals surface area contributed by atoms with E-state index in [0.29, 0.717) is 11.3 Å². The van der Waals surface area contributed by atoms with Gasteiger partial charge < -0.3 is 15.6 Å². The molecule has 0 aliphatic carbocycles. The molecule has 13 heavy (non-hydrogen) atoms. The zero-order chi connectivity index (χ0) is 9.84. The maximum Gasteiger partial charge on any atom is 0.123 e. The first-order chi connectivity index (χ1) is 6.19. The van der Waals surface area contributed by atoms with E-state index in [2.05, 4.69) is 0 Å². The smallest absolute Gasteiger partial charge is 0.123 e. The number of ether oxygens (including phenoxy) is 1. The molecule has 4 heteroatoms. The summed E-state index contributed by atoms with van der Waals surface area (Å²) in [4.78, 5) is 0. The van der Waals surface area contributed by atoms with Crippen LogP contribution in [-0.2, 0) is 0 Å². The summed E-state index contributed by atoms with van der Waals surface area (Å²) in [6, 6.07) is 3.43. The predicted octanol–water partition coefficient (Wildman–Crippen LogP) is 0.826. The molecule has 1 aromatic carbocycles. The third-order valence-electron chi connectivity index (χ3n) is 1.79. The average molecular weight is 185 g/mol. The normalized spacial score (nSPS) is 12.6. The Hall–Kier alpha value is -1.13. The lowest BCUT2D eigenvalue weighted by Gasteiger charge is -2.12. The second-order valence-corrected chi connectivity index (χ2v) is 2.68. The number of aliphatic hydroxyl groups is 1. The highest BCUT2D eigenvalue weighted by atomic mass is 19.1. The second kappa shape index (κ2) is 4.20. The maximum atomic E-state index is 12.8. The van der Waals surface area contributed by atoms with Crippen LogP contribution in [0.5, 0.6) is 5.75 Å². The third-order valence-corrected chi connectivity index (χ3v) is 1.79. The first-order valence-electron chi connectivity index (χ1n) is 3.89.